The Morgan fingerprint density at radius 3 is 2.85 bits per heavy atom. The van der Waals surface area contributed by atoms with Gasteiger partial charge in [0.2, 0.25) is 0 Å². The Labute approximate surface area is 86.1 Å². The van der Waals surface area contributed by atoms with Crippen LogP contribution < -0.4 is 5.73 Å². The zero-order chi connectivity index (χ0) is 9.42. The van der Waals surface area contributed by atoms with Crippen molar-refractivity contribution in [3.05, 3.63) is 28.1 Å². The van der Waals surface area contributed by atoms with E-state index in [1.54, 1.807) is 11.3 Å². The van der Waals surface area contributed by atoms with Crippen LogP contribution >= 0.6 is 22.9 Å². The van der Waals surface area contributed by atoms with Gasteiger partial charge < -0.3 is 5.73 Å². The molecule has 0 fully saturated rings. The van der Waals surface area contributed by atoms with Crippen LogP contribution in [0.5, 0.6) is 0 Å². The fourth-order valence-corrected chi connectivity index (χ4v) is 2.64. The van der Waals surface area contributed by atoms with E-state index in [0.717, 1.165) is 21.8 Å². The van der Waals surface area contributed by atoms with Gasteiger partial charge in [0.25, 0.3) is 0 Å². The number of fused-ring (bicyclic) bond motifs is 1. The lowest BCUT2D eigenvalue weighted by molar-refractivity contribution is 1.15. The lowest BCUT2D eigenvalue weighted by atomic mass is 10.1. The maximum atomic E-state index is 5.91. The Morgan fingerprint density at radius 2 is 2.15 bits per heavy atom. The molecule has 0 radical (unpaired) electrons. The zero-order valence-electron chi connectivity index (χ0n) is 7.30. The number of anilines is 1. The number of thiophene rings is 1. The average Bonchev–Trinajstić information content (AvgIpc) is 2.46. The highest BCUT2D eigenvalue weighted by atomic mass is 35.5. The van der Waals surface area contributed by atoms with E-state index in [2.05, 4.69) is 13.0 Å². The molecule has 0 spiro atoms. The van der Waals surface area contributed by atoms with Gasteiger partial charge in [0.1, 0.15) is 0 Å². The summed E-state index contributed by atoms with van der Waals surface area (Å²) in [6.07, 6.45) is 1.01. The van der Waals surface area contributed by atoms with Crippen LogP contribution in [-0.2, 0) is 6.42 Å². The fraction of sp³-hybridized carbons (Fsp3) is 0.200. The van der Waals surface area contributed by atoms with Crippen LogP contribution in [0.25, 0.3) is 10.1 Å². The number of halogens is 1. The standard InChI is InChI=1S/C10H10ClNS/c1-2-6-3-8(12)7-5-10(11)13-9(7)4-6/h3-5H,2,12H2,1H3. The van der Waals surface area contributed by atoms with Crippen molar-refractivity contribution in [1.82, 2.24) is 0 Å². The predicted octanol–water partition coefficient (Wildman–Crippen LogP) is 3.70. The van der Waals surface area contributed by atoms with Crippen molar-refractivity contribution in [2.75, 3.05) is 5.73 Å². The molecule has 1 aromatic heterocycles. The number of nitrogens with two attached hydrogens (primary N) is 1. The number of rotatable bonds is 1. The van der Waals surface area contributed by atoms with Crippen molar-refractivity contribution in [2.45, 2.75) is 13.3 Å². The molecule has 0 unspecified atom stereocenters. The molecule has 68 valence electrons. The molecule has 13 heavy (non-hydrogen) atoms. The van der Waals surface area contributed by atoms with Crippen LogP contribution in [0.4, 0.5) is 5.69 Å². The summed E-state index contributed by atoms with van der Waals surface area (Å²) >= 11 is 7.49. The van der Waals surface area contributed by atoms with E-state index in [1.165, 1.54) is 10.3 Å². The van der Waals surface area contributed by atoms with Gasteiger partial charge in [-0.3, -0.25) is 0 Å². The molecule has 0 aliphatic rings. The van der Waals surface area contributed by atoms with E-state index in [4.69, 9.17) is 17.3 Å². The monoisotopic (exact) mass is 211 g/mol. The third-order valence-corrected chi connectivity index (χ3v) is 3.32. The molecule has 0 amide bonds. The van der Waals surface area contributed by atoms with E-state index in [1.807, 2.05) is 12.1 Å². The zero-order valence-corrected chi connectivity index (χ0v) is 8.88. The SMILES string of the molecule is CCc1cc(N)c2cc(Cl)sc2c1. The molecule has 1 nitrogen and oxygen atoms in total. The van der Waals surface area contributed by atoms with Crippen molar-refractivity contribution in [3.8, 4) is 0 Å². The average molecular weight is 212 g/mol. The lowest BCUT2D eigenvalue weighted by Crippen LogP contribution is -1.87. The first-order valence-corrected chi connectivity index (χ1v) is 5.37. The Morgan fingerprint density at radius 1 is 1.38 bits per heavy atom. The summed E-state index contributed by atoms with van der Waals surface area (Å²) in [7, 11) is 0. The van der Waals surface area contributed by atoms with Gasteiger partial charge in [-0.05, 0) is 30.2 Å². The summed E-state index contributed by atoms with van der Waals surface area (Å²) in [4.78, 5) is 0. The van der Waals surface area contributed by atoms with Gasteiger partial charge in [-0.15, -0.1) is 11.3 Å². The highest BCUT2D eigenvalue weighted by molar-refractivity contribution is 7.22. The predicted molar refractivity (Wildman–Crippen MR) is 60.6 cm³/mol. The summed E-state index contributed by atoms with van der Waals surface area (Å²) in [5.41, 5.74) is 7.99. The molecule has 0 saturated carbocycles. The number of aryl methyl sites for hydroxylation is 1. The van der Waals surface area contributed by atoms with Crippen LogP contribution in [-0.4, -0.2) is 0 Å². The van der Waals surface area contributed by atoms with Crippen molar-refractivity contribution in [1.29, 1.82) is 0 Å². The van der Waals surface area contributed by atoms with Gasteiger partial charge in [0.05, 0.1) is 4.34 Å². The van der Waals surface area contributed by atoms with E-state index in [0.29, 0.717) is 0 Å². The van der Waals surface area contributed by atoms with Crippen LogP contribution in [0.1, 0.15) is 12.5 Å². The quantitative estimate of drug-likeness (QED) is 0.716. The molecule has 0 aliphatic heterocycles. The molecule has 1 aromatic carbocycles. The molecule has 0 bridgehead atoms. The number of hydrogen-bond acceptors (Lipinski definition) is 2. The minimum Gasteiger partial charge on any atom is -0.398 e. The Balaban J connectivity index is 2.75. The molecule has 2 rings (SSSR count). The second-order valence-electron chi connectivity index (χ2n) is 3.00. The van der Waals surface area contributed by atoms with Crippen molar-refractivity contribution in [2.24, 2.45) is 0 Å². The number of nitrogen functional groups attached to an aromatic ring is 1. The van der Waals surface area contributed by atoms with Crippen molar-refractivity contribution in [3.63, 3.8) is 0 Å². The van der Waals surface area contributed by atoms with Gasteiger partial charge in [0, 0.05) is 15.8 Å². The molecule has 2 aromatic rings. The second kappa shape index (κ2) is 3.20. The van der Waals surface area contributed by atoms with Gasteiger partial charge in [-0.2, -0.15) is 0 Å². The van der Waals surface area contributed by atoms with E-state index in [9.17, 15) is 0 Å². The summed E-state index contributed by atoms with van der Waals surface area (Å²) in [6, 6.07) is 6.10. The minimum atomic E-state index is 0.801. The van der Waals surface area contributed by atoms with Gasteiger partial charge >= 0.3 is 0 Å². The van der Waals surface area contributed by atoms with Crippen LogP contribution in [0.3, 0.4) is 0 Å². The van der Waals surface area contributed by atoms with E-state index in [-0.39, 0.29) is 0 Å². The molecule has 0 aliphatic carbocycles. The third kappa shape index (κ3) is 1.52. The Hall–Kier alpha value is -0.730. The first-order valence-electron chi connectivity index (χ1n) is 4.18. The van der Waals surface area contributed by atoms with E-state index < -0.39 is 0 Å². The molecule has 0 atom stereocenters. The fourth-order valence-electron chi connectivity index (χ4n) is 1.40. The first kappa shape index (κ1) is 8.85. The Bertz CT molecular complexity index is 447. The highest BCUT2D eigenvalue weighted by Crippen LogP contribution is 2.33. The van der Waals surface area contributed by atoms with Crippen LogP contribution in [0.2, 0.25) is 4.34 Å². The van der Waals surface area contributed by atoms with E-state index >= 15 is 0 Å². The maximum Gasteiger partial charge on any atom is 0.0941 e. The normalized spacial score (nSPS) is 10.9. The van der Waals surface area contributed by atoms with Crippen LogP contribution in [0, 0.1) is 0 Å². The molecule has 2 N–H and O–H groups in total. The molecular weight excluding hydrogens is 202 g/mol. The molecule has 1 heterocycles. The van der Waals surface area contributed by atoms with Crippen molar-refractivity contribution < 1.29 is 0 Å². The first-order chi connectivity index (χ1) is 6.20. The molecular formula is C10H10ClNS. The number of benzene rings is 1. The highest BCUT2D eigenvalue weighted by Gasteiger charge is 2.04. The third-order valence-electron chi connectivity index (χ3n) is 2.11. The topological polar surface area (TPSA) is 26.0 Å². The molecule has 3 heteroatoms. The van der Waals surface area contributed by atoms with Crippen molar-refractivity contribution >= 4 is 38.7 Å². The lowest BCUT2D eigenvalue weighted by Gasteiger charge is -2.00. The van der Waals surface area contributed by atoms with Gasteiger partial charge in [-0.25, -0.2) is 0 Å². The second-order valence-corrected chi connectivity index (χ2v) is 4.72. The summed E-state index contributed by atoms with van der Waals surface area (Å²) in [6.45, 7) is 2.12. The Kier molecular flexibility index (Phi) is 2.18. The smallest absolute Gasteiger partial charge is 0.0941 e. The largest absolute Gasteiger partial charge is 0.398 e. The summed E-state index contributed by atoms with van der Waals surface area (Å²) in [5, 5.41) is 1.08. The van der Waals surface area contributed by atoms with Gasteiger partial charge in [0.15, 0.2) is 0 Å². The maximum absolute atomic E-state index is 5.91. The van der Waals surface area contributed by atoms with Crippen LogP contribution in [0.15, 0.2) is 18.2 Å². The summed E-state index contributed by atoms with van der Waals surface area (Å²) < 4.78 is 1.98. The molecule has 0 saturated heterocycles. The van der Waals surface area contributed by atoms with Gasteiger partial charge in [-0.1, -0.05) is 18.5 Å². The number of hydrogen-bond donors (Lipinski definition) is 1. The minimum absolute atomic E-state index is 0.801. The summed E-state index contributed by atoms with van der Waals surface area (Å²) in [5.74, 6) is 0.